The van der Waals surface area contributed by atoms with Crippen molar-refractivity contribution in [3.63, 3.8) is 0 Å². The van der Waals surface area contributed by atoms with Crippen molar-refractivity contribution in [2.24, 2.45) is 0 Å². The van der Waals surface area contributed by atoms with Crippen molar-refractivity contribution in [1.29, 1.82) is 0 Å². The molecule has 1 heterocycles. The van der Waals surface area contributed by atoms with Crippen molar-refractivity contribution in [2.45, 2.75) is 19.4 Å². The molecule has 0 aliphatic carbocycles. The van der Waals surface area contributed by atoms with Crippen molar-refractivity contribution in [2.75, 3.05) is 0 Å². The van der Waals surface area contributed by atoms with E-state index in [1.165, 1.54) is 16.8 Å². The van der Waals surface area contributed by atoms with Crippen LogP contribution in [0.1, 0.15) is 25.1 Å². The van der Waals surface area contributed by atoms with Crippen molar-refractivity contribution in [1.82, 2.24) is 15.0 Å². The summed E-state index contributed by atoms with van der Waals surface area (Å²) < 4.78 is 15.0. The zero-order valence-corrected chi connectivity index (χ0v) is 10.7. The van der Waals surface area contributed by atoms with Gasteiger partial charge in [-0.2, -0.15) is 0 Å². The smallest absolute Gasteiger partial charge is 0.124 e. The third-order valence-corrected chi connectivity index (χ3v) is 3.03. The van der Waals surface area contributed by atoms with Crippen LogP contribution in [0.15, 0.2) is 28.9 Å². The molecule has 2 rings (SSSR count). The normalized spacial score (nSPS) is 12.7. The highest BCUT2D eigenvalue weighted by molar-refractivity contribution is 9.10. The van der Waals surface area contributed by atoms with E-state index in [4.69, 9.17) is 0 Å². The van der Waals surface area contributed by atoms with E-state index in [0.717, 1.165) is 0 Å². The van der Waals surface area contributed by atoms with Crippen LogP contribution in [0, 0.1) is 5.82 Å². The molecular weight excluding hydrogens is 289 g/mol. The topological polar surface area (TPSA) is 50.9 Å². The van der Waals surface area contributed by atoms with Gasteiger partial charge in [0.1, 0.15) is 11.5 Å². The first-order chi connectivity index (χ1) is 8.11. The molecule has 0 aliphatic rings. The summed E-state index contributed by atoms with van der Waals surface area (Å²) in [5.74, 6) is -0.324. The van der Waals surface area contributed by atoms with Gasteiger partial charge in [0, 0.05) is 4.47 Å². The molecule has 1 unspecified atom stereocenters. The van der Waals surface area contributed by atoms with E-state index in [2.05, 4.69) is 26.2 Å². The lowest BCUT2D eigenvalue weighted by Gasteiger charge is -2.03. The van der Waals surface area contributed by atoms with Gasteiger partial charge in [0.2, 0.25) is 0 Å². The molecule has 0 amide bonds. The van der Waals surface area contributed by atoms with E-state index >= 15 is 0 Å². The van der Waals surface area contributed by atoms with Crippen LogP contribution in [0.3, 0.4) is 0 Å². The molecule has 90 valence electrons. The van der Waals surface area contributed by atoms with Gasteiger partial charge >= 0.3 is 0 Å². The van der Waals surface area contributed by atoms with Crippen LogP contribution in [0.2, 0.25) is 0 Å². The van der Waals surface area contributed by atoms with Crippen LogP contribution < -0.4 is 0 Å². The Kier molecular flexibility index (Phi) is 3.54. The zero-order valence-electron chi connectivity index (χ0n) is 9.14. The standard InChI is InChI=1S/C11H11BrFN3O/c1-2-11(17)9-6-16(15-14-9)10-4-3-7(13)5-8(10)12/h3-6,11,17H,2H2,1H3. The van der Waals surface area contributed by atoms with E-state index in [0.29, 0.717) is 22.3 Å². The largest absolute Gasteiger partial charge is 0.387 e. The van der Waals surface area contributed by atoms with Crippen LogP contribution in [0.4, 0.5) is 4.39 Å². The van der Waals surface area contributed by atoms with Gasteiger partial charge in [0.05, 0.1) is 18.0 Å². The molecule has 0 aliphatic heterocycles. The SMILES string of the molecule is CCC(O)c1cn(-c2ccc(F)cc2Br)nn1. The number of hydrogen-bond acceptors (Lipinski definition) is 3. The maximum Gasteiger partial charge on any atom is 0.124 e. The van der Waals surface area contributed by atoms with Gasteiger partial charge in [-0.25, -0.2) is 9.07 Å². The van der Waals surface area contributed by atoms with Crippen LogP contribution in [0.5, 0.6) is 0 Å². The molecule has 2 aromatic rings. The van der Waals surface area contributed by atoms with Gasteiger partial charge < -0.3 is 5.11 Å². The molecule has 1 aromatic heterocycles. The van der Waals surface area contributed by atoms with E-state index in [9.17, 15) is 9.50 Å². The quantitative estimate of drug-likeness (QED) is 0.948. The number of rotatable bonds is 3. The average Bonchev–Trinajstić information content (AvgIpc) is 2.77. The number of aliphatic hydroxyl groups is 1. The highest BCUT2D eigenvalue weighted by atomic mass is 79.9. The molecule has 1 atom stereocenters. The van der Waals surface area contributed by atoms with Crippen LogP contribution in [-0.4, -0.2) is 20.1 Å². The maximum absolute atomic E-state index is 12.9. The fourth-order valence-corrected chi connectivity index (χ4v) is 1.96. The Morgan fingerprint density at radius 2 is 2.29 bits per heavy atom. The third-order valence-electron chi connectivity index (χ3n) is 2.40. The molecule has 4 nitrogen and oxygen atoms in total. The summed E-state index contributed by atoms with van der Waals surface area (Å²) >= 11 is 3.26. The Balaban J connectivity index is 2.37. The van der Waals surface area contributed by atoms with Crippen LogP contribution >= 0.6 is 15.9 Å². The Hall–Kier alpha value is -1.27. The fourth-order valence-electron chi connectivity index (χ4n) is 1.42. The first-order valence-corrected chi connectivity index (χ1v) is 5.97. The first kappa shape index (κ1) is 12.2. The van der Waals surface area contributed by atoms with E-state index < -0.39 is 6.10 Å². The molecule has 0 radical (unpaired) electrons. The highest BCUT2D eigenvalue weighted by Crippen LogP contribution is 2.22. The number of nitrogens with zero attached hydrogens (tertiary/aromatic N) is 3. The summed E-state index contributed by atoms with van der Waals surface area (Å²) in [7, 11) is 0. The predicted octanol–water partition coefficient (Wildman–Crippen LogP) is 2.61. The summed E-state index contributed by atoms with van der Waals surface area (Å²) in [6.07, 6.45) is 1.58. The predicted molar refractivity (Wildman–Crippen MR) is 64.3 cm³/mol. The summed E-state index contributed by atoms with van der Waals surface area (Å²) in [6.45, 7) is 1.86. The fraction of sp³-hybridized carbons (Fsp3) is 0.273. The van der Waals surface area contributed by atoms with Gasteiger partial charge in [-0.1, -0.05) is 12.1 Å². The summed E-state index contributed by atoms with van der Waals surface area (Å²) in [5.41, 5.74) is 1.18. The summed E-state index contributed by atoms with van der Waals surface area (Å²) in [6, 6.07) is 4.29. The van der Waals surface area contributed by atoms with Crippen molar-refractivity contribution >= 4 is 15.9 Å². The van der Waals surface area contributed by atoms with Gasteiger partial charge in [0.25, 0.3) is 0 Å². The minimum Gasteiger partial charge on any atom is -0.387 e. The van der Waals surface area contributed by atoms with Gasteiger partial charge in [-0.3, -0.25) is 0 Å². The van der Waals surface area contributed by atoms with Gasteiger partial charge in [0.15, 0.2) is 0 Å². The second kappa shape index (κ2) is 4.93. The Morgan fingerprint density at radius 1 is 1.53 bits per heavy atom. The van der Waals surface area contributed by atoms with Crippen molar-refractivity contribution < 1.29 is 9.50 Å². The number of aliphatic hydroxyl groups excluding tert-OH is 1. The van der Waals surface area contributed by atoms with Crippen molar-refractivity contribution in [3.05, 3.63) is 40.4 Å². The van der Waals surface area contributed by atoms with Crippen LogP contribution in [-0.2, 0) is 0 Å². The molecule has 6 heteroatoms. The van der Waals surface area contributed by atoms with E-state index in [1.54, 1.807) is 12.3 Å². The number of aromatic nitrogens is 3. The lowest BCUT2D eigenvalue weighted by Crippen LogP contribution is -1.96. The second-order valence-corrected chi connectivity index (χ2v) is 4.46. The molecular formula is C11H11BrFN3O. The van der Waals surface area contributed by atoms with Gasteiger partial charge in [-0.15, -0.1) is 5.10 Å². The Labute approximate surface area is 106 Å². The lowest BCUT2D eigenvalue weighted by molar-refractivity contribution is 0.169. The summed E-state index contributed by atoms with van der Waals surface area (Å²) in [5, 5.41) is 17.4. The maximum atomic E-state index is 12.9. The van der Waals surface area contributed by atoms with E-state index in [-0.39, 0.29) is 5.82 Å². The molecule has 1 aromatic carbocycles. The van der Waals surface area contributed by atoms with Crippen LogP contribution in [0.25, 0.3) is 5.69 Å². The highest BCUT2D eigenvalue weighted by Gasteiger charge is 2.12. The Morgan fingerprint density at radius 3 is 2.94 bits per heavy atom. The van der Waals surface area contributed by atoms with Gasteiger partial charge in [-0.05, 0) is 40.5 Å². The van der Waals surface area contributed by atoms with E-state index in [1.807, 2.05) is 6.92 Å². The second-order valence-electron chi connectivity index (χ2n) is 3.61. The number of hydrogen-bond donors (Lipinski definition) is 1. The molecule has 0 fully saturated rings. The Bertz CT molecular complexity index is 529. The number of halogens is 2. The molecule has 0 bridgehead atoms. The molecule has 0 spiro atoms. The molecule has 1 N–H and O–H groups in total. The van der Waals surface area contributed by atoms with Crippen molar-refractivity contribution in [3.8, 4) is 5.69 Å². The number of benzene rings is 1. The third kappa shape index (κ3) is 2.53. The molecule has 17 heavy (non-hydrogen) atoms. The summed E-state index contributed by atoms with van der Waals surface area (Å²) in [4.78, 5) is 0. The molecule has 0 saturated carbocycles. The average molecular weight is 300 g/mol. The zero-order chi connectivity index (χ0) is 12.4. The minimum atomic E-state index is -0.622. The molecule has 0 saturated heterocycles. The minimum absolute atomic E-state index is 0.324. The lowest BCUT2D eigenvalue weighted by atomic mass is 10.2. The first-order valence-electron chi connectivity index (χ1n) is 5.17. The monoisotopic (exact) mass is 299 g/mol.